The zero-order valence-electron chi connectivity index (χ0n) is 9.48. The van der Waals surface area contributed by atoms with Crippen molar-refractivity contribution in [3.05, 3.63) is 34.9 Å². The Kier molecular flexibility index (Phi) is 4.77. The lowest BCUT2D eigenvalue weighted by atomic mass is 10.1. The topological polar surface area (TPSA) is 40.5 Å². The van der Waals surface area contributed by atoms with Crippen molar-refractivity contribution in [3.63, 3.8) is 0 Å². The summed E-state index contributed by atoms with van der Waals surface area (Å²) >= 11 is 5.87. The van der Waals surface area contributed by atoms with Crippen LogP contribution in [0.4, 0.5) is 0 Å². The second-order valence-corrected chi connectivity index (χ2v) is 4.24. The van der Waals surface area contributed by atoms with Crippen LogP contribution in [-0.4, -0.2) is 29.1 Å². The van der Waals surface area contributed by atoms with Gasteiger partial charge in [-0.3, -0.25) is 9.69 Å². The summed E-state index contributed by atoms with van der Waals surface area (Å²) in [5.41, 5.74) is 1.02. The number of aliphatic carboxylic acids is 1. The van der Waals surface area contributed by atoms with Crippen LogP contribution in [0.5, 0.6) is 0 Å². The second kappa shape index (κ2) is 5.87. The molecular formula is C12H16ClNO2. The lowest BCUT2D eigenvalue weighted by Crippen LogP contribution is -2.37. The fourth-order valence-corrected chi connectivity index (χ4v) is 1.92. The molecule has 1 aromatic rings. The average Bonchev–Trinajstić information content (AvgIpc) is 2.17. The molecule has 0 amide bonds. The molecule has 16 heavy (non-hydrogen) atoms. The van der Waals surface area contributed by atoms with Crippen molar-refractivity contribution >= 4 is 17.6 Å². The molecule has 0 aliphatic heterocycles. The van der Waals surface area contributed by atoms with Crippen molar-refractivity contribution in [2.24, 2.45) is 0 Å². The maximum atomic E-state index is 11.0. The fraction of sp³-hybridized carbons (Fsp3) is 0.417. The van der Waals surface area contributed by atoms with Gasteiger partial charge in [-0.2, -0.15) is 0 Å². The van der Waals surface area contributed by atoms with E-state index in [1.807, 2.05) is 37.1 Å². The summed E-state index contributed by atoms with van der Waals surface area (Å²) in [6.07, 6.45) is 0.590. The Morgan fingerprint density at radius 2 is 2.25 bits per heavy atom. The molecule has 0 saturated carbocycles. The van der Waals surface area contributed by atoms with Crippen molar-refractivity contribution in [2.45, 2.75) is 25.9 Å². The number of likely N-dealkylation sites (N-methyl/N-ethyl adjacent to an activating group) is 1. The molecule has 0 radical (unpaired) electrons. The Bertz CT molecular complexity index is 368. The molecule has 88 valence electrons. The highest BCUT2D eigenvalue weighted by Crippen LogP contribution is 2.14. The minimum absolute atomic E-state index is 0.445. The van der Waals surface area contributed by atoms with E-state index >= 15 is 0 Å². The van der Waals surface area contributed by atoms with Crippen molar-refractivity contribution in [1.82, 2.24) is 4.90 Å². The van der Waals surface area contributed by atoms with Crippen LogP contribution in [-0.2, 0) is 11.3 Å². The molecule has 4 heteroatoms. The number of hydrogen-bond donors (Lipinski definition) is 1. The van der Waals surface area contributed by atoms with E-state index < -0.39 is 12.0 Å². The van der Waals surface area contributed by atoms with E-state index in [0.29, 0.717) is 18.0 Å². The molecule has 3 nitrogen and oxygen atoms in total. The van der Waals surface area contributed by atoms with E-state index in [9.17, 15) is 4.79 Å². The van der Waals surface area contributed by atoms with Gasteiger partial charge in [0.15, 0.2) is 0 Å². The van der Waals surface area contributed by atoms with Crippen LogP contribution in [0.2, 0.25) is 5.02 Å². The lowest BCUT2D eigenvalue weighted by Gasteiger charge is -2.23. The number of benzene rings is 1. The van der Waals surface area contributed by atoms with Crippen LogP contribution in [0.25, 0.3) is 0 Å². The van der Waals surface area contributed by atoms with Gasteiger partial charge in [-0.25, -0.2) is 0 Å². The summed E-state index contributed by atoms with van der Waals surface area (Å²) in [5.74, 6) is -0.785. The van der Waals surface area contributed by atoms with Gasteiger partial charge in [0.1, 0.15) is 6.04 Å². The molecule has 0 saturated heterocycles. The van der Waals surface area contributed by atoms with E-state index in [4.69, 9.17) is 16.7 Å². The fourth-order valence-electron chi connectivity index (χ4n) is 1.71. The van der Waals surface area contributed by atoms with E-state index in [-0.39, 0.29) is 0 Å². The van der Waals surface area contributed by atoms with Gasteiger partial charge < -0.3 is 5.11 Å². The predicted octanol–water partition coefficient (Wildman–Crippen LogP) is 2.64. The highest BCUT2D eigenvalue weighted by Gasteiger charge is 2.20. The molecule has 0 aromatic heterocycles. The third kappa shape index (κ3) is 3.51. The van der Waals surface area contributed by atoms with Gasteiger partial charge in [0.05, 0.1) is 0 Å². The van der Waals surface area contributed by atoms with Gasteiger partial charge in [-0.1, -0.05) is 30.7 Å². The predicted molar refractivity (Wildman–Crippen MR) is 64.6 cm³/mol. The minimum atomic E-state index is -0.785. The van der Waals surface area contributed by atoms with Crippen LogP contribution in [0, 0.1) is 0 Å². The largest absolute Gasteiger partial charge is 0.480 e. The van der Waals surface area contributed by atoms with Gasteiger partial charge >= 0.3 is 5.97 Å². The van der Waals surface area contributed by atoms with Crippen LogP contribution >= 0.6 is 11.6 Å². The summed E-state index contributed by atoms with van der Waals surface area (Å²) in [5, 5.41) is 9.68. The maximum absolute atomic E-state index is 11.0. The van der Waals surface area contributed by atoms with Gasteiger partial charge in [-0.15, -0.1) is 0 Å². The van der Waals surface area contributed by atoms with E-state index in [2.05, 4.69) is 0 Å². The molecule has 1 unspecified atom stereocenters. The van der Waals surface area contributed by atoms with E-state index in [0.717, 1.165) is 5.56 Å². The van der Waals surface area contributed by atoms with Crippen molar-refractivity contribution in [2.75, 3.05) is 7.05 Å². The Morgan fingerprint density at radius 1 is 1.56 bits per heavy atom. The first kappa shape index (κ1) is 13.0. The van der Waals surface area contributed by atoms with Crippen LogP contribution in [0.3, 0.4) is 0 Å². The highest BCUT2D eigenvalue weighted by molar-refractivity contribution is 6.30. The SMILES string of the molecule is CCC(C(=O)O)N(C)Cc1cccc(Cl)c1. The summed E-state index contributed by atoms with van der Waals surface area (Å²) in [7, 11) is 1.81. The molecule has 0 heterocycles. The molecule has 0 spiro atoms. The molecule has 0 bridgehead atoms. The zero-order chi connectivity index (χ0) is 12.1. The summed E-state index contributed by atoms with van der Waals surface area (Å²) in [4.78, 5) is 12.8. The summed E-state index contributed by atoms with van der Waals surface area (Å²) in [6, 6.07) is 7.02. The Hall–Kier alpha value is -1.06. The molecule has 1 rings (SSSR count). The number of nitrogens with zero attached hydrogens (tertiary/aromatic N) is 1. The van der Waals surface area contributed by atoms with Gasteiger partial charge in [0.25, 0.3) is 0 Å². The van der Waals surface area contributed by atoms with Gasteiger partial charge in [0, 0.05) is 11.6 Å². The lowest BCUT2D eigenvalue weighted by molar-refractivity contribution is -0.143. The average molecular weight is 242 g/mol. The molecule has 1 aromatic carbocycles. The first-order chi connectivity index (χ1) is 7.54. The zero-order valence-corrected chi connectivity index (χ0v) is 10.2. The first-order valence-electron chi connectivity index (χ1n) is 5.22. The molecule has 1 N–H and O–H groups in total. The maximum Gasteiger partial charge on any atom is 0.320 e. The highest BCUT2D eigenvalue weighted by atomic mass is 35.5. The molecule has 0 aliphatic carbocycles. The Morgan fingerprint density at radius 3 is 2.75 bits per heavy atom. The van der Waals surface area contributed by atoms with Crippen molar-refractivity contribution < 1.29 is 9.90 Å². The van der Waals surface area contributed by atoms with Crippen molar-refractivity contribution in [1.29, 1.82) is 0 Å². The van der Waals surface area contributed by atoms with Crippen LogP contribution in [0.15, 0.2) is 24.3 Å². The van der Waals surface area contributed by atoms with Gasteiger partial charge in [-0.05, 0) is 31.2 Å². The standard InChI is InChI=1S/C12H16ClNO2/c1-3-11(12(15)16)14(2)8-9-5-4-6-10(13)7-9/h4-7,11H,3,8H2,1-2H3,(H,15,16). The number of hydrogen-bond acceptors (Lipinski definition) is 2. The quantitative estimate of drug-likeness (QED) is 0.862. The first-order valence-corrected chi connectivity index (χ1v) is 5.60. The Balaban J connectivity index is 2.69. The minimum Gasteiger partial charge on any atom is -0.480 e. The van der Waals surface area contributed by atoms with Crippen LogP contribution in [0.1, 0.15) is 18.9 Å². The normalized spacial score (nSPS) is 12.8. The van der Waals surface area contributed by atoms with E-state index in [1.165, 1.54) is 0 Å². The van der Waals surface area contributed by atoms with Crippen LogP contribution < -0.4 is 0 Å². The number of carbonyl (C=O) groups is 1. The van der Waals surface area contributed by atoms with E-state index in [1.54, 1.807) is 6.07 Å². The molecule has 1 atom stereocenters. The number of halogens is 1. The molecule has 0 aliphatic rings. The molecule has 0 fully saturated rings. The number of carboxylic acids is 1. The number of carboxylic acid groups (broad SMARTS) is 1. The summed E-state index contributed by atoms with van der Waals surface area (Å²) < 4.78 is 0. The van der Waals surface area contributed by atoms with Gasteiger partial charge in [0.2, 0.25) is 0 Å². The van der Waals surface area contributed by atoms with Crippen molar-refractivity contribution in [3.8, 4) is 0 Å². The second-order valence-electron chi connectivity index (χ2n) is 3.81. The number of rotatable bonds is 5. The summed E-state index contributed by atoms with van der Waals surface area (Å²) in [6.45, 7) is 2.46. The monoisotopic (exact) mass is 241 g/mol. The third-order valence-electron chi connectivity index (χ3n) is 2.52. The Labute approximate surface area is 101 Å². The third-order valence-corrected chi connectivity index (χ3v) is 2.76. The molecular weight excluding hydrogens is 226 g/mol. The smallest absolute Gasteiger partial charge is 0.320 e.